The summed E-state index contributed by atoms with van der Waals surface area (Å²) in [4.78, 5) is 1.35. The molecule has 1 N–H and O–H groups in total. The molecular formula is C12H19N5S. The van der Waals surface area contributed by atoms with Crippen molar-refractivity contribution in [3.8, 4) is 0 Å². The maximum Gasteiger partial charge on any atom is 0.167 e. The van der Waals surface area contributed by atoms with Gasteiger partial charge in [-0.3, -0.25) is 0 Å². The molecule has 2 rings (SSSR count). The zero-order valence-electron chi connectivity index (χ0n) is 11.2. The molecule has 98 valence electrons. The molecule has 0 aliphatic heterocycles. The Kier molecular flexibility index (Phi) is 3.77. The van der Waals surface area contributed by atoms with E-state index in [0.717, 1.165) is 12.4 Å². The highest BCUT2D eigenvalue weighted by Gasteiger charge is 2.25. The molecule has 2 aromatic heterocycles. The minimum absolute atomic E-state index is 0.0335. The molecule has 0 bridgehead atoms. The second-order valence-electron chi connectivity index (χ2n) is 5.07. The SMILES string of the molecule is CNC(C)c1nnnn1CC(C)(C)c1cccs1. The van der Waals surface area contributed by atoms with Crippen LogP contribution in [0.1, 0.15) is 37.5 Å². The van der Waals surface area contributed by atoms with Crippen LogP contribution < -0.4 is 5.32 Å². The van der Waals surface area contributed by atoms with Crippen molar-refractivity contribution in [3.05, 3.63) is 28.2 Å². The molecule has 0 saturated carbocycles. The minimum atomic E-state index is 0.0335. The molecule has 0 amide bonds. The van der Waals surface area contributed by atoms with Gasteiger partial charge in [0.1, 0.15) is 0 Å². The molecule has 0 aliphatic rings. The van der Waals surface area contributed by atoms with Crippen LogP contribution in [0.4, 0.5) is 0 Å². The summed E-state index contributed by atoms with van der Waals surface area (Å²) in [5, 5.41) is 17.3. The summed E-state index contributed by atoms with van der Waals surface area (Å²) in [6, 6.07) is 4.40. The highest BCUT2D eigenvalue weighted by molar-refractivity contribution is 7.10. The average Bonchev–Trinajstić information content (AvgIpc) is 2.97. The Bertz CT molecular complexity index is 488. The first-order valence-corrected chi connectivity index (χ1v) is 6.90. The van der Waals surface area contributed by atoms with E-state index in [9.17, 15) is 0 Å². The van der Waals surface area contributed by atoms with Gasteiger partial charge in [0.25, 0.3) is 0 Å². The van der Waals surface area contributed by atoms with Gasteiger partial charge in [0.05, 0.1) is 12.6 Å². The summed E-state index contributed by atoms with van der Waals surface area (Å²) >= 11 is 1.77. The zero-order valence-corrected chi connectivity index (χ0v) is 12.0. The van der Waals surface area contributed by atoms with Gasteiger partial charge < -0.3 is 5.32 Å². The quantitative estimate of drug-likeness (QED) is 0.898. The third-order valence-electron chi connectivity index (χ3n) is 3.11. The number of nitrogens with zero attached hydrogens (tertiary/aromatic N) is 4. The lowest BCUT2D eigenvalue weighted by molar-refractivity contribution is 0.387. The van der Waals surface area contributed by atoms with E-state index in [1.807, 2.05) is 11.7 Å². The fourth-order valence-corrected chi connectivity index (χ4v) is 2.72. The van der Waals surface area contributed by atoms with Crippen LogP contribution in [0.2, 0.25) is 0 Å². The lowest BCUT2D eigenvalue weighted by Gasteiger charge is -2.24. The van der Waals surface area contributed by atoms with E-state index < -0.39 is 0 Å². The second-order valence-corrected chi connectivity index (χ2v) is 6.01. The minimum Gasteiger partial charge on any atom is -0.311 e. The lowest BCUT2D eigenvalue weighted by Crippen LogP contribution is -2.27. The smallest absolute Gasteiger partial charge is 0.167 e. The molecule has 0 fully saturated rings. The monoisotopic (exact) mass is 265 g/mol. The summed E-state index contributed by atoms with van der Waals surface area (Å²) in [7, 11) is 1.91. The summed E-state index contributed by atoms with van der Waals surface area (Å²) in [5.41, 5.74) is 0.0335. The topological polar surface area (TPSA) is 55.6 Å². The van der Waals surface area contributed by atoms with Crippen LogP contribution in [-0.2, 0) is 12.0 Å². The highest BCUT2D eigenvalue weighted by atomic mass is 32.1. The van der Waals surface area contributed by atoms with Crippen molar-refractivity contribution < 1.29 is 0 Å². The number of hydrogen-bond donors (Lipinski definition) is 1. The normalized spacial score (nSPS) is 13.8. The van der Waals surface area contributed by atoms with Gasteiger partial charge in [-0.15, -0.1) is 16.4 Å². The molecule has 0 spiro atoms. The predicted octanol–water partition coefficient (Wildman–Crippen LogP) is 1.99. The second kappa shape index (κ2) is 5.16. The molecule has 5 nitrogen and oxygen atoms in total. The van der Waals surface area contributed by atoms with Gasteiger partial charge in [0.2, 0.25) is 0 Å². The molecule has 1 atom stereocenters. The van der Waals surface area contributed by atoms with Crippen molar-refractivity contribution in [2.24, 2.45) is 0 Å². The Balaban J connectivity index is 2.22. The maximum absolute atomic E-state index is 4.10. The summed E-state index contributed by atoms with van der Waals surface area (Å²) in [5.74, 6) is 0.877. The van der Waals surface area contributed by atoms with Crippen LogP contribution in [0.5, 0.6) is 0 Å². The largest absolute Gasteiger partial charge is 0.311 e. The van der Waals surface area contributed by atoms with Crippen molar-refractivity contribution in [1.82, 2.24) is 25.5 Å². The molecule has 2 heterocycles. The fraction of sp³-hybridized carbons (Fsp3) is 0.583. The van der Waals surface area contributed by atoms with E-state index in [4.69, 9.17) is 0 Å². The van der Waals surface area contributed by atoms with Gasteiger partial charge in [-0.25, -0.2) is 4.68 Å². The summed E-state index contributed by atoms with van der Waals surface area (Å²) < 4.78 is 1.89. The molecule has 18 heavy (non-hydrogen) atoms. The van der Waals surface area contributed by atoms with E-state index in [0.29, 0.717) is 0 Å². The number of hydrogen-bond acceptors (Lipinski definition) is 5. The molecule has 0 aromatic carbocycles. The highest BCUT2D eigenvalue weighted by Crippen LogP contribution is 2.29. The number of tetrazole rings is 1. The standard InChI is InChI=1S/C12H19N5S/c1-9(13-4)11-14-15-16-17(11)8-12(2,3)10-6-5-7-18-10/h5-7,9,13H,8H2,1-4H3. The fourth-order valence-electron chi connectivity index (χ4n) is 1.88. The van der Waals surface area contributed by atoms with Crippen LogP contribution in [0.3, 0.4) is 0 Å². The molecule has 0 saturated heterocycles. The van der Waals surface area contributed by atoms with Gasteiger partial charge in [0.15, 0.2) is 5.82 Å². The van der Waals surface area contributed by atoms with E-state index in [1.165, 1.54) is 4.88 Å². The Morgan fingerprint density at radius 3 is 2.89 bits per heavy atom. The molecule has 1 unspecified atom stereocenters. The van der Waals surface area contributed by atoms with E-state index >= 15 is 0 Å². The van der Waals surface area contributed by atoms with Crippen LogP contribution in [0.15, 0.2) is 17.5 Å². The first-order chi connectivity index (χ1) is 8.54. The Morgan fingerprint density at radius 2 is 2.28 bits per heavy atom. The van der Waals surface area contributed by atoms with Crippen molar-refractivity contribution in [1.29, 1.82) is 0 Å². The van der Waals surface area contributed by atoms with Gasteiger partial charge in [-0.05, 0) is 35.8 Å². The van der Waals surface area contributed by atoms with E-state index in [1.54, 1.807) is 11.3 Å². The Morgan fingerprint density at radius 1 is 1.50 bits per heavy atom. The summed E-state index contributed by atoms with van der Waals surface area (Å²) in [6.07, 6.45) is 0. The number of thiophene rings is 1. The van der Waals surface area contributed by atoms with Gasteiger partial charge in [-0.2, -0.15) is 0 Å². The van der Waals surface area contributed by atoms with Crippen LogP contribution in [-0.4, -0.2) is 27.3 Å². The predicted molar refractivity (Wildman–Crippen MR) is 72.6 cm³/mol. The Hall–Kier alpha value is -1.27. The van der Waals surface area contributed by atoms with Gasteiger partial charge in [0, 0.05) is 10.3 Å². The van der Waals surface area contributed by atoms with Crippen LogP contribution in [0.25, 0.3) is 0 Å². The molecular weight excluding hydrogens is 246 g/mol. The molecule has 6 heteroatoms. The molecule has 0 aliphatic carbocycles. The van der Waals surface area contributed by atoms with Crippen molar-refractivity contribution in [2.45, 2.75) is 38.8 Å². The number of nitrogens with one attached hydrogen (secondary N) is 1. The first kappa shape index (κ1) is 13.2. The van der Waals surface area contributed by atoms with Crippen LogP contribution in [0, 0.1) is 0 Å². The van der Waals surface area contributed by atoms with E-state index in [2.05, 4.69) is 59.1 Å². The van der Waals surface area contributed by atoms with Crippen molar-refractivity contribution in [2.75, 3.05) is 7.05 Å². The van der Waals surface area contributed by atoms with Crippen LogP contribution >= 0.6 is 11.3 Å². The average molecular weight is 265 g/mol. The zero-order chi connectivity index (χ0) is 13.2. The molecule has 2 aromatic rings. The van der Waals surface area contributed by atoms with Gasteiger partial charge in [-0.1, -0.05) is 19.9 Å². The van der Waals surface area contributed by atoms with Crippen molar-refractivity contribution >= 4 is 11.3 Å². The maximum atomic E-state index is 4.10. The number of rotatable bonds is 5. The van der Waals surface area contributed by atoms with Crippen molar-refractivity contribution in [3.63, 3.8) is 0 Å². The lowest BCUT2D eigenvalue weighted by atomic mass is 9.91. The summed E-state index contributed by atoms with van der Waals surface area (Å²) in [6.45, 7) is 7.27. The first-order valence-electron chi connectivity index (χ1n) is 6.02. The van der Waals surface area contributed by atoms with E-state index in [-0.39, 0.29) is 11.5 Å². The molecule has 0 radical (unpaired) electrons. The Labute approximate surface area is 111 Å². The number of aromatic nitrogens is 4. The third kappa shape index (κ3) is 2.59. The van der Waals surface area contributed by atoms with Gasteiger partial charge >= 0.3 is 0 Å². The third-order valence-corrected chi connectivity index (χ3v) is 4.35.